The topological polar surface area (TPSA) is 49.4 Å². The Hall–Kier alpha value is -0.690. The van der Waals surface area contributed by atoms with Crippen LogP contribution in [-0.2, 0) is 10.0 Å². The molecule has 1 heterocycles. The van der Waals surface area contributed by atoms with Gasteiger partial charge >= 0.3 is 0 Å². The molecule has 0 saturated carbocycles. The van der Waals surface area contributed by atoms with Crippen LogP contribution >= 0.6 is 12.4 Å². The van der Waals surface area contributed by atoms with Gasteiger partial charge in [-0.1, -0.05) is 0 Å². The Labute approximate surface area is 119 Å². The molecule has 4 nitrogen and oxygen atoms in total. The minimum atomic E-state index is -3.53. The minimum Gasteiger partial charge on any atom is -0.311 e. The largest absolute Gasteiger partial charge is 0.311 e. The van der Waals surface area contributed by atoms with Gasteiger partial charge in [0.1, 0.15) is 5.82 Å². The van der Waals surface area contributed by atoms with Gasteiger partial charge in [0.05, 0.1) is 4.90 Å². The van der Waals surface area contributed by atoms with Crippen molar-refractivity contribution in [3.63, 3.8) is 0 Å². The van der Waals surface area contributed by atoms with Crippen LogP contribution in [0.5, 0.6) is 0 Å². The van der Waals surface area contributed by atoms with Gasteiger partial charge in [-0.2, -0.15) is 4.31 Å². The summed E-state index contributed by atoms with van der Waals surface area (Å²) in [7, 11) is -3.53. The molecule has 0 aromatic heterocycles. The molecule has 2 rings (SSSR count). The molecular weight excluding hydrogens is 291 g/mol. The van der Waals surface area contributed by atoms with Crippen molar-refractivity contribution >= 4 is 22.4 Å². The van der Waals surface area contributed by atoms with Gasteiger partial charge in [-0.25, -0.2) is 12.8 Å². The molecule has 7 heteroatoms. The van der Waals surface area contributed by atoms with Crippen molar-refractivity contribution < 1.29 is 12.8 Å². The number of piperazine rings is 1. The Bertz CT molecular complexity index is 521. The van der Waals surface area contributed by atoms with E-state index in [0.29, 0.717) is 13.1 Å². The molecule has 2 atom stereocenters. The normalized spacial score (nSPS) is 24.8. The summed E-state index contributed by atoms with van der Waals surface area (Å²) in [5, 5.41) is 3.23. The van der Waals surface area contributed by atoms with Gasteiger partial charge in [0.15, 0.2) is 0 Å². The predicted molar refractivity (Wildman–Crippen MR) is 74.5 cm³/mol. The highest BCUT2D eigenvalue weighted by molar-refractivity contribution is 7.89. The van der Waals surface area contributed by atoms with Crippen molar-refractivity contribution in [2.45, 2.75) is 30.8 Å². The summed E-state index contributed by atoms with van der Waals surface area (Å²) < 4.78 is 39.2. The van der Waals surface area contributed by atoms with E-state index in [1.54, 1.807) is 0 Å². The number of hydrogen-bond acceptors (Lipinski definition) is 3. The Morgan fingerprint density at radius 3 is 2.42 bits per heavy atom. The van der Waals surface area contributed by atoms with Crippen LogP contribution in [0.2, 0.25) is 0 Å². The quantitative estimate of drug-likeness (QED) is 0.903. The van der Waals surface area contributed by atoms with E-state index in [4.69, 9.17) is 0 Å². The fraction of sp³-hybridized carbons (Fsp3) is 0.500. The van der Waals surface area contributed by atoms with Gasteiger partial charge in [0.25, 0.3) is 0 Å². The van der Waals surface area contributed by atoms with Gasteiger partial charge in [0, 0.05) is 25.2 Å². The fourth-order valence-corrected chi connectivity index (χ4v) is 3.81. The first kappa shape index (κ1) is 16.4. The summed E-state index contributed by atoms with van der Waals surface area (Å²) in [5.41, 5.74) is 0. The number of nitrogens with zero attached hydrogens (tertiary/aromatic N) is 1. The van der Waals surface area contributed by atoms with Crippen LogP contribution in [-0.4, -0.2) is 37.9 Å². The van der Waals surface area contributed by atoms with Crippen LogP contribution in [0.25, 0.3) is 0 Å². The summed E-state index contributed by atoms with van der Waals surface area (Å²) >= 11 is 0. The summed E-state index contributed by atoms with van der Waals surface area (Å²) in [6, 6.07) is 4.95. The van der Waals surface area contributed by atoms with E-state index in [1.165, 1.54) is 28.6 Å². The number of halogens is 2. The Morgan fingerprint density at radius 1 is 1.26 bits per heavy atom. The highest BCUT2D eigenvalue weighted by Gasteiger charge is 2.34. The molecule has 0 spiro atoms. The second kappa shape index (κ2) is 6.17. The van der Waals surface area contributed by atoms with Gasteiger partial charge in [0.2, 0.25) is 10.0 Å². The van der Waals surface area contributed by atoms with Crippen molar-refractivity contribution in [3.05, 3.63) is 30.1 Å². The molecule has 0 amide bonds. The van der Waals surface area contributed by atoms with Gasteiger partial charge in [-0.05, 0) is 38.1 Å². The molecule has 19 heavy (non-hydrogen) atoms. The maximum atomic E-state index is 12.8. The van der Waals surface area contributed by atoms with E-state index in [-0.39, 0.29) is 29.4 Å². The first-order valence-electron chi connectivity index (χ1n) is 5.94. The van der Waals surface area contributed by atoms with Gasteiger partial charge < -0.3 is 5.32 Å². The Morgan fingerprint density at radius 2 is 1.84 bits per heavy atom. The summed E-state index contributed by atoms with van der Waals surface area (Å²) in [6.07, 6.45) is 0. The van der Waals surface area contributed by atoms with Crippen LogP contribution < -0.4 is 5.32 Å². The van der Waals surface area contributed by atoms with Crippen molar-refractivity contribution in [2.24, 2.45) is 0 Å². The van der Waals surface area contributed by atoms with E-state index in [9.17, 15) is 12.8 Å². The summed E-state index contributed by atoms with van der Waals surface area (Å²) in [4.78, 5) is 0.143. The number of rotatable bonds is 2. The zero-order valence-corrected chi connectivity index (χ0v) is 12.5. The highest BCUT2D eigenvalue weighted by atomic mass is 35.5. The molecule has 1 aliphatic heterocycles. The van der Waals surface area contributed by atoms with Crippen LogP contribution in [0.15, 0.2) is 29.2 Å². The van der Waals surface area contributed by atoms with E-state index in [1.807, 2.05) is 13.8 Å². The standard InChI is InChI=1S/C12H17FN2O2S.ClH/c1-9-10(2)15(8-7-14-9)18(16,17)12-5-3-11(13)4-6-12;/h3-6,9-10,14H,7-8H2,1-2H3;1H. The predicted octanol–water partition coefficient (Wildman–Crippen LogP) is 1.62. The lowest BCUT2D eigenvalue weighted by molar-refractivity contribution is 0.233. The Balaban J connectivity index is 0.00000180. The molecule has 1 aromatic carbocycles. The fourth-order valence-electron chi connectivity index (χ4n) is 2.11. The molecule has 1 fully saturated rings. The second-order valence-corrected chi connectivity index (χ2v) is 6.44. The molecule has 1 saturated heterocycles. The lowest BCUT2D eigenvalue weighted by Crippen LogP contribution is -2.57. The Kier molecular flexibility index (Phi) is 5.32. The summed E-state index contributed by atoms with van der Waals surface area (Å²) in [6.45, 7) is 4.89. The monoisotopic (exact) mass is 308 g/mol. The third-order valence-corrected chi connectivity index (χ3v) is 5.40. The van der Waals surface area contributed by atoms with Crippen molar-refractivity contribution in [3.8, 4) is 0 Å². The maximum absolute atomic E-state index is 12.8. The molecule has 1 aliphatic rings. The number of nitrogens with one attached hydrogen (secondary N) is 1. The zero-order chi connectivity index (χ0) is 13.3. The number of hydrogen-bond donors (Lipinski definition) is 1. The van der Waals surface area contributed by atoms with E-state index in [0.717, 1.165) is 0 Å². The van der Waals surface area contributed by atoms with Gasteiger partial charge in [-0.15, -0.1) is 12.4 Å². The molecule has 0 radical (unpaired) electrons. The molecular formula is C12H18ClFN2O2S. The van der Waals surface area contributed by atoms with E-state index in [2.05, 4.69) is 5.32 Å². The lowest BCUT2D eigenvalue weighted by atomic mass is 10.1. The highest BCUT2D eigenvalue weighted by Crippen LogP contribution is 2.21. The lowest BCUT2D eigenvalue weighted by Gasteiger charge is -2.37. The molecule has 0 aliphatic carbocycles. The van der Waals surface area contributed by atoms with Gasteiger partial charge in [-0.3, -0.25) is 0 Å². The molecule has 108 valence electrons. The minimum absolute atomic E-state index is 0. The number of sulfonamides is 1. The first-order valence-corrected chi connectivity index (χ1v) is 7.38. The smallest absolute Gasteiger partial charge is 0.243 e. The SMILES string of the molecule is CC1NCCN(S(=O)(=O)c2ccc(F)cc2)C1C.Cl. The molecule has 1 N–H and O–H groups in total. The maximum Gasteiger partial charge on any atom is 0.243 e. The van der Waals surface area contributed by atoms with Crippen LogP contribution in [0.3, 0.4) is 0 Å². The van der Waals surface area contributed by atoms with Crippen LogP contribution in [0.4, 0.5) is 4.39 Å². The third-order valence-electron chi connectivity index (χ3n) is 3.40. The summed E-state index contributed by atoms with van der Waals surface area (Å²) in [5.74, 6) is -0.435. The van der Waals surface area contributed by atoms with Crippen molar-refractivity contribution in [1.29, 1.82) is 0 Å². The molecule has 1 aromatic rings. The van der Waals surface area contributed by atoms with E-state index < -0.39 is 15.8 Å². The molecule has 0 bridgehead atoms. The number of benzene rings is 1. The zero-order valence-electron chi connectivity index (χ0n) is 10.8. The first-order chi connectivity index (χ1) is 8.43. The third kappa shape index (κ3) is 3.25. The van der Waals surface area contributed by atoms with Crippen molar-refractivity contribution in [1.82, 2.24) is 9.62 Å². The van der Waals surface area contributed by atoms with Crippen LogP contribution in [0, 0.1) is 5.82 Å². The van der Waals surface area contributed by atoms with E-state index >= 15 is 0 Å². The van der Waals surface area contributed by atoms with Crippen molar-refractivity contribution in [2.75, 3.05) is 13.1 Å². The average molecular weight is 309 g/mol. The van der Waals surface area contributed by atoms with Crippen LogP contribution in [0.1, 0.15) is 13.8 Å². The average Bonchev–Trinajstić information content (AvgIpc) is 2.33. The molecule has 2 unspecified atom stereocenters. The second-order valence-electron chi connectivity index (χ2n) is 4.55.